The van der Waals surface area contributed by atoms with Gasteiger partial charge in [-0.3, -0.25) is 9.59 Å². The SMILES string of the molecule is COc1cccc(CN(C)C(=O)CNC(=O)CN)c1OC. The van der Waals surface area contributed by atoms with Crippen molar-refractivity contribution in [3.8, 4) is 11.5 Å². The van der Waals surface area contributed by atoms with Crippen LogP contribution in [0.5, 0.6) is 11.5 Å². The average molecular weight is 295 g/mol. The number of ether oxygens (including phenoxy) is 2. The van der Waals surface area contributed by atoms with Crippen LogP contribution in [0, 0.1) is 0 Å². The summed E-state index contributed by atoms with van der Waals surface area (Å²) in [7, 11) is 4.75. The molecule has 1 rings (SSSR count). The van der Waals surface area contributed by atoms with E-state index in [1.807, 2.05) is 12.1 Å². The van der Waals surface area contributed by atoms with Gasteiger partial charge >= 0.3 is 0 Å². The van der Waals surface area contributed by atoms with E-state index >= 15 is 0 Å². The molecule has 0 unspecified atom stereocenters. The number of nitrogens with one attached hydrogen (secondary N) is 1. The maximum absolute atomic E-state index is 11.9. The number of methoxy groups -OCH3 is 2. The maximum Gasteiger partial charge on any atom is 0.242 e. The molecule has 1 aromatic rings. The van der Waals surface area contributed by atoms with Gasteiger partial charge < -0.3 is 25.4 Å². The average Bonchev–Trinajstić information content (AvgIpc) is 2.51. The monoisotopic (exact) mass is 295 g/mol. The molecule has 0 bridgehead atoms. The van der Waals surface area contributed by atoms with E-state index in [4.69, 9.17) is 15.2 Å². The predicted molar refractivity (Wildman–Crippen MR) is 78.1 cm³/mol. The van der Waals surface area contributed by atoms with Crippen LogP contribution in [0.25, 0.3) is 0 Å². The molecule has 0 aromatic heterocycles. The normalized spacial score (nSPS) is 9.90. The number of amides is 2. The second kappa shape index (κ2) is 8.11. The Morgan fingerprint density at radius 1 is 1.29 bits per heavy atom. The highest BCUT2D eigenvalue weighted by Gasteiger charge is 2.15. The van der Waals surface area contributed by atoms with Gasteiger partial charge in [0.1, 0.15) is 0 Å². The van der Waals surface area contributed by atoms with Crippen molar-refractivity contribution < 1.29 is 19.1 Å². The lowest BCUT2D eigenvalue weighted by atomic mass is 10.1. The molecule has 7 heteroatoms. The number of hydrogen-bond donors (Lipinski definition) is 2. The Morgan fingerprint density at radius 3 is 2.57 bits per heavy atom. The summed E-state index contributed by atoms with van der Waals surface area (Å²) in [5, 5.41) is 2.44. The van der Waals surface area contributed by atoms with E-state index in [9.17, 15) is 9.59 Å². The number of nitrogens with zero attached hydrogens (tertiary/aromatic N) is 1. The fourth-order valence-corrected chi connectivity index (χ4v) is 1.80. The summed E-state index contributed by atoms with van der Waals surface area (Å²) in [6.07, 6.45) is 0. The summed E-state index contributed by atoms with van der Waals surface area (Å²) in [5.74, 6) is 0.607. The van der Waals surface area contributed by atoms with Gasteiger partial charge in [0.2, 0.25) is 11.8 Å². The Morgan fingerprint density at radius 2 is 2.00 bits per heavy atom. The topological polar surface area (TPSA) is 93.9 Å². The summed E-state index contributed by atoms with van der Waals surface area (Å²) >= 11 is 0. The van der Waals surface area contributed by atoms with Crippen LogP contribution in [0.15, 0.2) is 18.2 Å². The van der Waals surface area contributed by atoms with Crippen LogP contribution < -0.4 is 20.5 Å². The number of nitrogens with two attached hydrogens (primary N) is 1. The van der Waals surface area contributed by atoms with E-state index in [1.165, 1.54) is 4.90 Å². The van der Waals surface area contributed by atoms with E-state index in [1.54, 1.807) is 27.3 Å². The minimum absolute atomic E-state index is 0.0845. The van der Waals surface area contributed by atoms with Gasteiger partial charge in [0.05, 0.1) is 27.3 Å². The van der Waals surface area contributed by atoms with Crippen LogP contribution in [0.1, 0.15) is 5.56 Å². The molecule has 0 saturated carbocycles. The molecule has 0 atom stereocenters. The van der Waals surface area contributed by atoms with E-state index in [-0.39, 0.29) is 24.9 Å². The molecule has 21 heavy (non-hydrogen) atoms. The van der Waals surface area contributed by atoms with Crippen molar-refractivity contribution in [2.45, 2.75) is 6.54 Å². The predicted octanol–water partition coefficient (Wildman–Crippen LogP) is -0.263. The Balaban J connectivity index is 2.72. The lowest BCUT2D eigenvalue weighted by Gasteiger charge is -2.20. The van der Waals surface area contributed by atoms with Gasteiger partial charge in [-0.2, -0.15) is 0 Å². The number of carbonyl (C=O) groups is 2. The summed E-state index contributed by atoms with van der Waals surface area (Å²) in [4.78, 5) is 24.5. The van der Waals surface area contributed by atoms with Crippen LogP contribution in [-0.4, -0.2) is 51.1 Å². The first-order valence-electron chi connectivity index (χ1n) is 6.44. The highest BCUT2D eigenvalue weighted by Crippen LogP contribution is 2.31. The largest absolute Gasteiger partial charge is 0.493 e. The second-order valence-electron chi connectivity index (χ2n) is 4.38. The van der Waals surface area contributed by atoms with Crippen LogP contribution in [-0.2, 0) is 16.1 Å². The van der Waals surface area contributed by atoms with E-state index in [2.05, 4.69) is 5.32 Å². The molecule has 3 N–H and O–H groups in total. The summed E-state index contributed by atoms with van der Waals surface area (Å²) < 4.78 is 10.5. The second-order valence-corrected chi connectivity index (χ2v) is 4.38. The quantitative estimate of drug-likeness (QED) is 0.722. The fourth-order valence-electron chi connectivity index (χ4n) is 1.80. The first-order valence-corrected chi connectivity index (χ1v) is 6.44. The zero-order valence-corrected chi connectivity index (χ0v) is 12.5. The molecule has 0 aliphatic carbocycles. The van der Waals surface area contributed by atoms with Gasteiger partial charge in [0, 0.05) is 19.2 Å². The molecule has 0 radical (unpaired) electrons. The third-order valence-electron chi connectivity index (χ3n) is 2.94. The van der Waals surface area contributed by atoms with Crippen LogP contribution in [0.2, 0.25) is 0 Å². The fraction of sp³-hybridized carbons (Fsp3) is 0.429. The summed E-state index contributed by atoms with van der Waals surface area (Å²) in [6.45, 7) is 0.122. The van der Waals surface area contributed by atoms with E-state index < -0.39 is 0 Å². The summed E-state index contributed by atoms with van der Waals surface area (Å²) in [6, 6.07) is 5.46. The number of hydrogen-bond acceptors (Lipinski definition) is 5. The van der Waals surface area contributed by atoms with Crippen molar-refractivity contribution in [1.29, 1.82) is 0 Å². The van der Waals surface area contributed by atoms with Gasteiger partial charge in [-0.15, -0.1) is 0 Å². The molecule has 0 fully saturated rings. The van der Waals surface area contributed by atoms with Gasteiger partial charge in [0.25, 0.3) is 0 Å². The molecule has 7 nitrogen and oxygen atoms in total. The van der Waals surface area contributed by atoms with Gasteiger partial charge in [-0.1, -0.05) is 12.1 Å². The summed E-state index contributed by atoms with van der Waals surface area (Å²) in [5.41, 5.74) is 5.98. The molecule has 0 aliphatic heterocycles. The standard InChI is InChI=1S/C14H21N3O4/c1-17(13(19)8-16-12(18)7-15)9-10-5-4-6-11(20-2)14(10)21-3/h4-6H,7-9,15H2,1-3H3,(H,16,18). The van der Waals surface area contributed by atoms with Gasteiger partial charge in [-0.25, -0.2) is 0 Å². The van der Waals surface area contributed by atoms with Crippen molar-refractivity contribution in [2.75, 3.05) is 34.4 Å². The maximum atomic E-state index is 11.9. The van der Waals surface area contributed by atoms with Gasteiger partial charge in [0.15, 0.2) is 11.5 Å². The van der Waals surface area contributed by atoms with Crippen molar-refractivity contribution in [3.05, 3.63) is 23.8 Å². The van der Waals surface area contributed by atoms with Crippen molar-refractivity contribution in [1.82, 2.24) is 10.2 Å². The number of rotatable bonds is 7. The van der Waals surface area contributed by atoms with E-state index in [0.29, 0.717) is 18.0 Å². The molecular weight excluding hydrogens is 274 g/mol. The van der Waals surface area contributed by atoms with Crippen LogP contribution >= 0.6 is 0 Å². The zero-order valence-electron chi connectivity index (χ0n) is 12.5. The third kappa shape index (κ3) is 4.64. The Hall–Kier alpha value is -2.28. The number of carbonyl (C=O) groups excluding carboxylic acids is 2. The molecule has 2 amide bonds. The highest BCUT2D eigenvalue weighted by atomic mass is 16.5. The van der Waals surface area contributed by atoms with Crippen molar-refractivity contribution >= 4 is 11.8 Å². The third-order valence-corrected chi connectivity index (χ3v) is 2.94. The lowest BCUT2D eigenvalue weighted by Crippen LogP contribution is -2.40. The molecule has 0 spiro atoms. The highest BCUT2D eigenvalue weighted by molar-refractivity contribution is 5.85. The molecule has 0 heterocycles. The Kier molecular flexibility index (Phi) is 6.48. The molecule has 0 saturated heterocycles. The van der Waals surface area contributed by atoms with Gasteiger partial charge in [-0.05, 0) is 6.07 Å². The first-order chi connectivity index (χ1) is 10.0. The number of likely N-dealkylation sites (N-methyl/N-ethyl adjacent to an activating group) is 1. The minimum Gasteiger partial charge on any atom is -0.493 e. The van der Waals surface area contributed by atoms with Crippen molar-refractivity contribution in [3.63, 3.8) is 0 Å². The molecule has 116 valence electrons. The molecule has 1 aromatic carbocycles. The molecular formula is C14H21N3O4. The number of benzene rings is 1. The first kappa shape index (κ1) is 16.8. The molecule has 0 aliphatic rings. The lowest BCUT2D eigenvalue weighted by molar-refractivity contribution is -0.131. The zero-order chi connectivity index (χ0) is 15.8. The number of para-hydroxylation sites is 1. The minimum atomic E-state index is -0.365. The Labute approximate surface area is 124 Å². The van der Waals surface area contributed by atoms with Crippen molar-refractivity contribution in [2.24, 2.45) is 5.73 Å². The van der Waals surface area contributed by atoms with Crippen LogP contribution in [0.4, 0.5) is 0 Å². The smallest absolute Gasteiger partial charge is 0.242 e. The van der Waals surface area contributed by atoms with Crippen LogP contribution in [0.3, 0.4) is 0 Å². The van der Waals surface area contributed by atoms with E-state index in [0.717, 1.165) is 5.56 Å². The Bertz CT molecular complexity index is 505.